The van der Waals surface area contributed by atoms with Crippen LogP contribution in [0.4, 0.5) is 0 Å². The molecule has 1 aliphatic rings. The number of rotatable bonds is 9. The minimum atomic E-state index is -0.445. The zero-order valence-corrected chi connectivity index (χ0v) is 33.6. The topological polar surface area (TPSA) is 75.0 Å². The van der Waals surface area contributed by atoms with E-state index in [-0.39, 0.29) is 5.60 Å². The van der Waals surface area contributed by atoms with Crippen LogP contribution >= 0.6 is 0 Å². The third kappa shape index (κ3) is 6.73. The molecule has 0 radical (unpaired) electrons. The highest BCUT2D eigenvalue weighted by atomic mass is 16.5. The number of nitrogens with zero attached hydrogens (tertiary/aromatic N) is 5. The number of benzene rings is 6. The van der Waals surface area contributed by atoms with Crippen LogP contribution in [0.5, 0.6) is 5.75 Å². The Balaban J connectivity index is 1.07. The van der Waals surface area contributed by atoms with Crippen molar-refractivity contribution in [2.75, 3.05) is 6.61 Å². The van der Waals surface area contributed by atoms with Crippen LogP contribution in [0.1, 0.15) is 44.4 Å². The van der Waals surface area contributed by atoms with Crippen LogP contribution in [0, 0.1) is 0 Å². The number of fused-ring (bicyclic) bond motifs is 4. The van der Waals surface area contributed by atoms with Crippen molar-refractivity contribution in [2.24, 2.45) is 0 Å². The van der Waals surface area contributed by atoms with E-state index in [1.165, 1.54) is 21.9 Å². The maximum atomic E-state index is 6.64. The van der Waals surface area contributed by atoms with Crippen LogP contribution in [0.2, 0.25) is 0 Å². The lowest BCUT2D eigenvalue weighted by Gasteiger charge is -2.24. The summed E-state index contributed by atoms with van der Waals surface area (Å²) in [7, 11) is 0. The Kier molecular flexibility index (Phi) is 8.91. The first kappa shape index (κ1) is 36.4. The molecule has 0 fully saturated rings. The molecule has 4 heterocycles. The molecule has 6 aromatic carbocycles. The fourth-order valence-electron chi connectivity index (χ4n) is 8.59. The number of pyridine rings is 1. The maximum absolute atomic E-state index is 6.64. The van der Waals surface area contributed by atoms with Crippen LogP contribution in [0.15, 0.2) is 164 Å². The molecule has 0 aliphatic carbocycles. The van der Waals surface area contributed by atoms with Crippen molar-refractivity contribution in [3.05, 3.63) is 181 Å². The first-order valence-electron chi connectivity index (χ1n) is 20.2. The van der Waals surface area contributed by atoms with Crippen LogP contribution < -0.4 is 4.74 Å². The van der Waals surface area contributed by atoms with Gasteiger partial charge in [0.2, 0.25) is 0 Å². The van der Waals surface area contributed by atoms with Gasteiger partial charge in [0.1, 0.15) is 11.4 Å². The lowest BCUT2D eigenvalue weighted by atomic mass is 9.88. The molecule has 0 spiro atoms. The predicted molar refractivity (Wildman–Crippen MR) is 236 cm³/mol. The smallest absolute Gasteiger partial charge is 0.165 e. The van der Waals surface area contributed by atoms with E-state index in [2.05, 4.69) is 148 Å². The second kappa shape index (κ2) is 14.5. The van der Waals surface area contributed by atoms with Gasteiger partial charge in [0.25, 0.3) is 0 Å². The number of para-hydroxylation sites is 2. The summed E-state index contributed by atoms with van der Waals surface area (Å²) in [5, 5.41) is 2.45. The Morgan fingerprint density at radius 2 is 1.07 bits per heavy atom. The summed E-state index contributed by atoms with van der Waals surface area (Å²) in [5.41, 5.74) is 10.3. The zero-order valence-electron chi connectivity index (χ0n) is 33.6. The molecule has 0 N–H and O–H groups in total. The van der Waals surface area contributed by atoms with Crippen molar-refractivity contribution < 1.29 is 9.47 Å². The Morgan fingerprint density at radius 1 is 0.525 bits per heavy atom. The fraction of sp³-hybridized carbons (Fsp3) is 0.154. The van der Waals surface area contributed by atoms with Crippen LogP contribution in [-0.4, -0.2) is 31.1 Å². The maximum Gasteiger partial charge on any atom is 0.165 e. The third-order valence-electron chi connectivity index (χ3n) is 11.3. The quantitative estimate of drug-likeness (QED) is 0.146. The largest absolute Gasteiger partial charge is 0.491 e. The summed E-state index contributed by atoms with van der Waals surface area (Å²) in [6.45, 7) is 8.97. The van der Waals surface area contributed by atoms with E-state index in [4.69, 9.17) is 29.4 Å². The molecule has 0 unspecified atom stereocenters. The van der Waals surface area contributed by atoms with Crippen molar-refractivity contribution in [1.29, 1.82) is 0 Å². The van der Waals surface area contributed by atoms with E-state index in [9.17, 15) is 0 Å². The minimum absolute atomic E-state index is 0.387. The second-order valence-electron chi connectivity index (χ2n) is 16.1. The van der Waals surface area contributed by atoms with E-state index in [1.807, 2.05) is 48.7 Å². The van der Waals surface area contributed by atoms with E-state index in [0.717, 1.165) is 56.7 Å². The number of ether oxygens (including phenoxy) is 2. The molecular weight excluding hydrogens is 727 g/mol. The predicted octanol–water partition coefficient (Wildman–Crippen LogP) is 12.2. The van der Waals surface area contributed by atoms with Crippen LogP contribution in [-0.2, 0) is 22.4 Å². The minimum Gasteiger partial charge on any atom is -0.491 e. The molecule has 10 rings (SSSR count). The van der Waals surface area contributed by atoms with E-state index >= 15 is 0 Å². The normalized spacial score (nSPS) is 14.1. The van der Waals surface area contributed by atoms with Crippen LogP contribution in [0.3, 0.4) is 0 Å². The van der Waals surface area contributed by atoms with E-state index < -0.39 is 5.60 Å². The standard InChI is InChI=1S/C52H43N5O2/c1-51(2)42-28-25-37(31-43(42)52(3,4)59-51)47-46(58-30-29-34-15-7-5-8-16-34)32-38(33-53-47)50-55-48(35-17-9-6-10-18-35)54-49(56-50)36-23-26-39(27-24-36)57-44-21-13-11-19-40(44)41-20-12-14-22-45(41)57/h5-28,31-33H,29-30H2,1-4H3. The molecule has 288 valence electrons. The van der Waals surface area contributed by atoms with Gasteiger partial charge in [-0.2, -0.15) is 0 Å². The first-order chi connectivity index (χ1) is 28.7. The van der Waals surface area contributed by atoms with E-state index in [1.54, 1.807) is 0 Å². The van der Waals surface area contributed by atoms with Gasteiger partial charge in [0.05, 0.1) is 28.8 Å². The van der Waals surface area contributed by atoms with Crippen LogP contribution in [0.25, 0.3) is 72.9 Å². The molecule has 0 saturated carbocycles. The second-order valence-corrected chi connectivity index (χ2v) is 16.1. The molecule has 1 aliphatic heterocycles. The summed E-state index contributed by atoms with van der Waals surface area (Å²) in [6.07, 6.45) is 2.60. The Labute approximate surface area is 344 Å². The van der Waals surface area contributed by atoms with Crippen molar-refractivity contribution >= 4 is 21.8 Å². The highest BCUT2D eigenvalue weighted by Gasteiger charge is 2.43. The van der Waals surface area contributed by atoms with Gasteiger partial charge in [-0.3, -0.25) is 4.98 Å². The van der Waals surface area contributed by atoms with Gasteiger partial charge in [0, 0.05) is 51.3 Å². The Bertz CT molecular complexity index is 2940. The number of hydrogen-bond acceptors (Lipinski definition) is 6. The molecule has 7 heteroatoms. The fourth-order valence-corrected chi connectivity index (χ4v) is 8.59. The van der Waals surface area contributed by atoms with Gasteiger partial charge in [0.15, 0.2) is 17.5 Å². The van der Waals surface area contributed by atoms with Gasteiger partial charge >= 0.3 is 0 Å². The molecule has 0 atom stereocenters. The molecule has 9 aromatic rings. The zero-order chi connectivity index (χ0) is 40.1. The molecule has 0 bridgehead atoms. The molecule has 7 nitrogen and oxygen atoms in total. The highest BCUT2D eigenvalue weighted by Crippen LogP contribution is 2.48. The lowest BCUT2D eigenvalue weighted by molar-refractivity contribution is -0.105. The first-order valence-corrected chi connectivity index (χ1v) is 20.2. The Morgan fingerprint density at radius 3 is 1.73 bits per heavy atom. The third-order valence-corrected chi connectivity index (χ3v) is 11.3. The average Bonchev–Trinajstić information content (AvgIpc) is 3.70. The van der Waals surface area contributed by atoms with Gasteiger partial charge in [-0.1, -0.05) is 109 Å². The van der Waals surface area contributed by atoms with E-state index in [0.29, 0.717) is 29.8 Å². The SMILES string of the molecule is CC1(C)OC(C)(C)c2cc(-c3ncc(-c4nc(-c5ccccc5)nc(-c5ccc(-n6c7ccccc7c7ccccc76)cc5)n4)cc3OCCc3ccccc3)ccc21. The molecule has 3 aromatic heterocycles. The van der Waals surface area contributed by atoms with Crippen molar-refractivity contribution in [3.8, 4) is 56.9 Å². The molecule has 0 amide bonds. The molecule has 59 heavy (non-hydrogen) atoms. The lowest BCUT2D eigenvalue weighted by Crippen LogP contribution is -2.22. The highest BCUT2D eigenvalue weighted by molar-refractivity contribution is 6.09. The Hall–Kier alpha value is -6.96. The van der Waals surface area contributed by atoms with Gasteiger partial charge in [-0.05, 0) is 92.9 Å². The molecule has 0 saturated heterocycles. The summed E-state index contributed by atoms with van der Waals surface area (Å²) >= 11 is 0. The van der Waals surface area contributed by atoms with Gasteiger partial charge in [-0.25, -0.2) is 15.0 Å². The van der Waals surface area contributed by atoms with Crippen molar-refractivity contribution in [3.63, 3.8) is 0 Å². The van der Waals surface area contributed by atoms with Gasteiger partial charge < -0.3 is 14.0 Å². The summed E-state index contributed by atoms with van der Waals surface area (Å²) < 4.78 is 15.5. The van der Waals surface area contributed by atoms with Crippen molar-refractivity contribution in [2.45, 2.75) is 45.3 Å². The summed E-state index contributed by atoms with van der Waals surface area (Å²) in [6, 6.07) is 54.5. The number of aromatic nitrogens is 5. The average molecular weight is 770 g/mol. The van der Waals surface area contributed by atoms with Crippen molar-refractivity contribution in [1.82, 2.24) is 24.5 Å². The molecular formula is C52H43N5O2. The number of hydrogen-bond donors (Lipinski definition) is 0. The van der Waals surface area contributed by atoms with Gasteiger partial charge in [-0.15, -0.1) is 0 Å². The monoisotopic (exact) mass is 769 g/mol. The summed E-state index contributed by atoms with van der Waals surface area (Å²) in [4.78, 5) is 20.3. The summed E-state index contributed by atoms with van der Waals surface area (Å²) in [5.74, 6) is 2.32.